The van der Waals surface area contributed by atoms with Crippen LogP contribution in [0.15, 0.2) is 0 Å². The van der Waals surface area contributed by atoms with Crippen molar-refractivity contribution in [1.82, 2.24) is 0 Å². The Bertz CT molecular complexity index is 265. The highest BCUT2D eigenvalue weighted by Crippen LogP contribution is 2.17. The van der Waals surface area contributed by atoms with Gasteiger partial charge in [-0.2, -0.15) is 0 Å². The fourth-order valence-electron chi connectivity index (χ4n) is 1.19. The molecule has 1 atom stereocenters. The third-order valence-corrected chi connectivity index (χ3v) is 2.91. The predicted molar refractivity (Wildman–Crippen MR) is 71.7 cm³/mol. The predicted octanol–water partition coefficient (Wildman–Crippen LogP) is 1.57. The van der Waals surface area contributed by atoms with Crippen molar-refractivity contribution in [3.8, 4) is 0 Å². The monoisotopic (exact) mass is 294 g/mol. The Morgan fingerprint density at radius 1 is 1.05 bits per heavy atom. The number of thioether (sulfide) groups is 1. The van der Waals surface area contributed by atoms with Gasteiger partial charge in [-0.05, 0) is 13.8 Å². The molecule has 1 unspecified atom stereocenters. The Balaban J connectivity index is 4.19. The molecule has 0 saturated heterocycles. The van der Waals surface area contributed by atoms with E-state index in [1.807, 2.05) is 13.8 Å². The van der Waals surface area contributed by atoms with Gasteiger partial charge < -0.3 is 18.9 Å². The van der Waals surface area contributed by atoms with Crippen LogP contribution >= 0.6 is 11.8 Å². The van der Waals surface area contributed by atoms with Crippen molar-refractivity contribution in [1.29, 1.82) is 0 Å². The second-order valence-electron chi connectivity index (χ2n) is 3.52. The van der Waals surface area contributed by atoms with Crippen LogP contribution in [0.1, 0.15) is 27.7 Å². The van der Waals surface area contributed by atoms with E-state index in [1.165, 1.54) is 25.6 Å². The summed E-state index contributed by atoms with van der Waals surface area (Å²) >= 11 is 1.31. The number of ether oxygens (including phenoxy) is 4. The van der Waals surface area contributed by atoms with Crippen molar-refractivity contribution in [2.75, 3.05) is 25.6 Å². The van der Waals surface area contributed by atoms with Crippen LogP contribution in [0.3, 0.4) is 0 Å². The molecule has 0 heterocycles. The van der Waals surface area contributed by atoms with E-state index in [0.717, 1.165) is 0 Å². The molecular formula is C12H22O6S. The SMILES string of the molecule is CCOC(CSC(COC(C)=O)OC(C)=O)OCC. The number of hydrogen-bond donors (Lipinski definition) is 0. The molecule has 0 aliphatic rings. The van der Waals surface area contributed by atoms with Crippen molar-refractivity contribution in [3.63, 3.8) is 0 Å². The summed E-state index contributed by atoms with van der Waals surface area (Å²) in [5, 5.41) is 0. The number of hydrogen-bond acceptors (Lipinski definition) is 7. The molecule has 6 nitrogen and oxygen atoms in total. The van der Waals surface area contributed by atoms with Gasteiger partial charge in [-0.3, -0.25) is 9.59 Å². The number of rotatable bonds is 10. The second kappa shape index (κ2) is 11.1. The number of carbonyl (C=O) groups excluding carboxylic acids is 2. The van der Waals surface area contributed by atoms with E-state index in [1.54, 1.807) is 0 Å². The summed E-state index contributed by atoms with van der Waals surface area (Å²) in [6, 6.07) is 0. The smallest absolute Gasteiger partial charge is 0.303 e. The summed E-state index contributed by atoms with van der Waals surface area (Å²) in [4.78, 5) is 21.7. The van der Waals surface area contributed by atoms with Gasteiger partial charge in [0.2, 0.25) is 0 Å². The third-order valence-electron chi connectivity index (χ3n) is 1.84. The van der Waals surface area contributed by atoms with Crippen LogP contribution in [0.5, 0.6) is 0 Å². The molecule has 0 fully saturated rings. The molecule has 0 aromatic heterocycles. The highest BCUT2D eigenvalue weighted by molar-refractivity contribution is 7.99. The van der Waals surface area contributed by atoms with Crippen LogP contribution in [-0.4, -0.2) is 49.2 Å². The van der Waals surface area contributed by atoms with E-state index in [0.29, 0.717) is 19.0 Å². The first-order valence-electron chi connectivity index (χ1n) is 6.14. The Kier molecular flexibility index (Phi) is 10.6. The Labute approximate surface area is 118 Å². The maximum Gasteiger partial charge on any atom is 0.303 e. The molecule has 0 aromatic carbocycles. The average Bonchev–Trinajstić information content (AvgIpc) is 2.32. The van der Waals surface area contributed by atoms with E-state index in [-0.39, 0.29) is 12.9 Å². The zero-order valence-electron chi connectivity index (χ0n) is 11.8. The lowest BCUT2D eigenvalue weighted by atomic mass is 10.7. The summed E-state index contributed by atoms with van der Waals surface area (Å²) in [6.07, 6.45) is -0.365. The van der Waals surface area contributed by atoms with Gasteiger partial charge in [-0.1, -0.05) is 0 Å². The molecule has 0 N–H and O–H groups in total. The molecule has 0 aliphatic heterocycles. The standard InChI is InChI=1S/C12H22O6S/c1-5-15-11(16-6-2)8-19-12(18-10(4)14)7-17-9(3)13/h11-12H,5-8H2,1-4H3. The van der Waals surface area contributed by atoms with Crippen molar-refractivity contribution >= 4 is 23.7 Å². The quantitative estimate of drug-likeness (QED) is 0.447. The zero-order valence-corrected chi connectivity index (χ0v) is 12.7. The van der Waals surface area contributed by atoms with Crippen molar-refractivity contribution < 1.29 is 28.5 Å². The molecule has 112 valence electrons. The van der Waals surface area contributed by atoms with Gasteiger partial charge in [-0.15, -0.1) is 11.8 Å². The lowest BCUT2D eigenvalue weighted by molar-refractivity contribution is -0.151. The van der Waals surface area contributed by atoms with Gasteiger partial charge >= 0.3 is 11.9 Å². The van der Waals surface area contributed by atoms with Crippen molar-refractivity contribution in [3.05, 3.63) is 0 Å². The maximum absolute atomic E-state index is 11.0. The Hall–Kier alpha value is -0.790. The lowest BCUT2D eigenvalue weighted by Crippen LogP contribution is -2.26. The fraction of sp³-hybridized carbons (Fsp3) is 0.833. The van der Waals surface area contributed by atoms with Gasteiger partial charge in [0, 0.05) is 32.8 Å². The summed E-state index contributed by atoms with van der Waals surface area (Å²) in [7, 11) is 0. The van der Waals surface area contributed by atoms with Crippen molar-refractivity contribution in [2.45, 2.75) is 39.4 Å². The zero-order chi connectivity index (χ0) is 14.7. The molecule has 0 aromatic rings. The van der Waals surface area contributed by atoms with E-state index >= 15 is 0 Å². The highest BCUT2D eigenvalue weighted by Gasteiger charge is 2.18. The first-order chi connectivity index (χ1) is 8.99. The molecule has 0 bridgehead atoms. The molecule has 0 spiro atoms. The number of carbonyl (C=O) groups is 2. The molecule has 0 aliphatic carbocycles. The molecule has 0 amide bonds. The third kappa shape index (κ3) is 10.8. The molecule has 0 rings (SSSR count). The summed E-state index contributed by atoms with van der Waals surface area (Å²) in [5.41, 5.74) is -0.551. The average molecular weight is 294 g/mol. The lowest BCUT2D eigenvalue weighted by Gasteiger charge is -2.20. The normalized spacial score (nSPS) is 12.3. The summed E-state index contributed by atoms with van der Waals surface area (Å²) < 4.78 is 20.6. The highest BCUT2D eigenvalue weighted by atomic mass is 32.2. The van der Waals surface area contributed by atoms with Crippen LogP contribution in [0.25, 0.3) is 0 Å². The summed E-state index contributed by atoms with van der Waals surface area (Å²) in [6.45, 7) is 7.45. The van der Waals surface area contributed by atoms with Crippen LogP contribution in [0.4, 0.5) is 0 Å². The van der Waals surface area contributed by atoms with Gasteiger partial charge in [0.15, 0.2) is 11.7 Å². The first-order valence-corrected chi connectivity index (χ1v) is 7.19. The maximum atomic E-state index is 11.0. The van der Waals surface area contributed by atoms with E-state index in [4.69, 9.17) is 18.9 Å². The minimum Gasteiger partial charge on any atom is -0.461 e. The van der Waals surface area contributed by atoms with Gasteiger partial charge in [-0.25, -0.2) is 0 Å². The van der Waals surface area contributed by atoms with Gasteiger partial charge in [0.25, 0.3) is 0 Å². The van der Waals surface area contributed by atoms with E-state index < -0.39 is 17.4 Å². The largest absolute Gasteiger partial charge is 0.461 e. The van der Waals surface area contributed by atoms with E-state index in [9.17, 15) is 9.59 Å². The molecule has 7 heteroatoms. The van der Waals surface area contributed by atoms with Crippen LogP contribution in [0, 0.1) is 0 Å². The molecule has 0 radical (unpaired) electrons. The van der Waals surface area contributed by atoms with Gasteiger partial charge in [0.05, 0.1) is 0 Å². The first kappa shape index (κ1) is 18.2. The fourth-order valence-corrected chi connectivity index (χ4v) is 2.12. The van der Waals surface area contributed by atoms with Crippen molar-refractivity contribution in [2.24, 2.45) is 0 Å². The number of esters is 2. The Morgan fingerprint density at radius 3 is 2.05 bits per heavy atom. The van der Waals surface area contributed by atoms with E-state index in [2.05, 4.69) is 0 Å². The van der Waals surface area contributed by atoms with Gasteiger partial charge in [0.1, 0.15) is 6.61 Å². The van der Waals surface area contributed by atoms with Crippen LogP contribution in [-0.2, 0) is 28.5 Å². The topological polar surface area (TPSA) is 71.1 Å². The molecule has 0 saturated carbocycles. The van der Waals surface area contributed by atoms with Crippen LogP contribution in [0.2, 0.25) is 0 Å². The Morgan fingerprint density at radius 2 is 1.63 bits per heavy atom. The van der Waals surface area contributed by atoms with Crippen LogP contribution < -0.4 is 0 Å². The molecular weight excluding hydrogens is 272 g/mol. The second-order valence-corrected chi connectivity index (χ2v) is 4.71. The summed E-state index contributed by atoms with van der Waals surface area (Å²) in [5.74, 6) is -0.348. The minimum absolute atomic E-state index is 0.0184. The molecule has 19 heavy (non-hydrogen) atoms. The minimum atomic E-state index is -0.551.